The molecule has 0 spiro atoms. The van der Waals surface area contributed by atoms with Gasteiger partial charge in [0.1, 0.15) is 10.7 Å². The Balaban J connectivity index is 1.74. The zero-order valence-corrected chi connectivity index (χ0v) is 13.3. The topological polar surface area (TPSA) is 69.4 Å². The Morgan fingerprint density at radius 2 is 1.74 bits per heavy atom. The molecule has 0 aliphatic carbocycles. The van der Waals surface area contributed by atoms with Crippen LogP contribution in [-0.2, 0) is 16.5 Å². The maximum atomic E-state index is 12.2. The number of hydrogen-bond acceptors (Lipinski definition) is 5. The van der Waals surface area contributed by atoms with E-state index in [0.717, 1.165) is 11.1 Å². The molecule has 1 heterocycles. The lowest BCUT2D eigenvalue weighted by Gasteiger charge is -2.03. The molecule has 0 fully saturated rings. The van der Waals surface area contributed by atoms with Gasteiger partial charge in [-0.1, -0.05) is 48.0 Å². The summed E-state index contributed by atoms with van der Waals surface area (Å²) in [6.07, 6.45) is 0.516. The van der Waals surface area contributed by atoms with E-state index in [0.29, 0.717) is 12.2 Å². The number of aromatic nitrogens is 1. The van der Waals surface area contributed by atoms with E-state index in [9.17, 15) is 8.42 Å². The molecule has 0 atom stereocenters. The summed E-state index contributed by atoms with van der Waals surface area (Å²) in [5, 5.41) is 3.66. The van der Waals surface area contributed by atoms with Gasteiger partial charge in [0, 0.05) is 12.5 Å². The Morgan fingerprint density at radius 1 is 1.04 bits per heavy atom. The van der Waals surface area contributed by atoms with Crippen LogP contribution in [0.3, 0.4) is 0 Å². The zero-order valence-electron chi connectivity index (χ0n) is 12.5. The molecule has 0 saturated heterocycles. The van der Waals surface area contributed by atoms with Crippen molar-refractivity contribution in [2.45, 2.75) is 18.2 Å². The highest BCUT2D eigenvalue weighted by Crippen LogP contribution is 2.20. The van der Waals surface area contributed by atoms with Gasteiger partial charge in [-0.3, -0.25) is 0 Å². The average Bonchev–Trinajstić information content (AvgIpc) is 2.95. The van der Waals surface area contributed by atoms with Crippen molar-refractivity contribution in [2.75, 3.05) is 0 Å². The molecule has 0 saturated carbocycles. The monoisotopic (exact) mass is 329 g/mol. The molecule has 1 aromatic heterocycles. The first-order valence-corrected chi connectivity index (χ1v) is 8.44. The van der Waals surface area contributed by atoms with Gasteiger partial charge in [0.15, 0.2) is 0 Å². The third-order valence-corrected chi connectivity index (χ3v) is 4.50. The number of rotatable bonds is 5. The minimum absolute atomic E-state index is 0.0727. The molecule has 0 amide bonds. The summed E-state index contributed by atoms with van der Waals surface area (Å²) in [6, 6.07) is 17.6. The first-order chi connectivity index (χ1) is 11.0. The van der Waals surface area contributed by atoms with Crippen molar-refractivity contribution in [1.82, 2.24) is 5.16 Å². The Bertz CT molecular complexity index is 884. The summed E-state index contributed by atoms with van der Waals surface area (Å²) in [4.78, 5) is 0.0794. The standard InChI is InChI=1S/C17H15NO4S/c1-13-7-9-16(10-8-13)23(19,20)22-17-12-15(21-18-17)11-14-5-3-2-4-6-14/h2-10,12H,11H2,1H3. The molecule has 0 unspecified atom stereocenters. The predicted octanol–water partition coefficient (Wildman–Crippen LogP) is 3.34. The molecule has 0 aliphatic heterocycles. The summed E-state index contributed by atoms with van der Waals surface area (Å²) in [5.74, 6) is 0.460. The average molecular weight is 329 g/mol. The fourth-order valence-corrected chi connectivity index (χ4v) is 2.95. The second-order valence-electron chi connectivity index (χ2n) is 5.14. The highest BCUT2D eigenvalue weighted by Gasteiger charge is 2.19. The smallest absolute Gasteiger partial charge is 0.340 e. The van der Waals surface area contributed by atoms with Crippen molar-refractivity contribution in [1.29, 1.82) is 0 Å². The molecule has 0 aliphatic rings. The van der Waals surface area contributed by atoms with Gasteiger partial charge in [-0.05, 0) is 29.8 Å². The van der Waals surface area contributed by atoms with Crippen molar-refractivity contribution in [2.24, 2.45) is 0 Å². The van der Waals surface area contributed by atoms with Crippen molar-refractivity contribution >= 4 is 10.1 Å². The van der Waals surface area contributed by atoms with Crippen molar-refractivity contribution in [3.8, 4) is 5.88 Å². The minimum atomic E-state index is -3.91. The Labute approximate surface area is 134 Å². The summed E-state index contributed by atoms with van der Waals surface area (Å²) in [6.45, 7) is 1.88. The van der Waals surface area contributed by atoms with Gasteiger partial charge in [0.25, 0.3) is 5.88 Å². The van der Waals surface area contributed by atoms with Crippen LogP contribution < -0.4 is 4.18 Å². The highest BCUT2D eigenvalue weighted by atomic mass is 32.2. The molecule has 5 nitrogen and oxygen atoms in total. The van der Waals surface area contributed by atoms with Crippen molar-refractivity contribution in [3.63, 3.8) is 0 Å². The summed E-state index contributed by atoms with van der Waals surface area (Å²) in [5.41, 5.74) is 2.01. The van der Waals surface area contributed by atoms with E-state index in [1.165, 1.54) is 18.2 Å². The minimum Gasteiger partial charge on any atom is -0.357 e. The molecule has 0 bridgehead atoms. The molecule has 23 heavy (non-hydrogen) atoms. The van der Waals surface area contributed by atoms with E-state index in [2.05, 4.69) is 5.16 Å². The third kappa shape index (κ3) is 3.78. The lowest BCUT2D eigenvalue weighted by Crippen LogP contribution is -2.09. The first kappa shape index (κ1) is 15.3. The zero-order chi connectivity index (χ0) is 16.3. The van der Waals surface area contributed by atoms with Crippen LogP contribution in [0.15, 0.2) is 70.1 Å². The fourth-order valence-electron chi connectivity index (χ4n) is 2.08. The second-order valence-corrected chi connectivity index (χ2v) is 6.69. The van der Waals surface area contributed by atoms with Gasteiger partial charge in [-0.15, -0.1) is 0 Å². The Morgan fingerprint density at radius 3 is 2.43 bits per heavy atom. The largest absolute Gasteiger partial charge is 0.357 e. The maximum absolute atomic E-state index is 12.2. The fraction of sp³-hybridized carbons (Fsp3) is 0.118. The van der Waals surface area contributed by atoms with Gasteiger partial charge < -0.3 is 8.71 Å². The van der Waals surface area contributed by atoms with E-state index < -0.39 is 10.1 Å². The third-order valence-electron chi connectivity index (χ3n) is 3.26. The molecular weight excluding hydrogens is 314 g/mol. The van der Waals surface area contributed by atoms with Crippen LogP contribution in [0, 0.1) is 6.92 Å². The van der Waals surface area contributed by atoms with E-state index in [1.807, 2.05) is 37.3 Å². The van der Waals surface area contributed by atoms with Crippen LogP contribution in [0.25, 0.3) is 0 Å². The molecule has 2 aromatic carbocycles. The first-order valence-electron chi connectivity index (χ1n) is 7.04. The van der Waals surface area contributed by atoms with Crippen LogP contribution in [-0.4, -0.2) is 13.6 Å². The van der Waals surface area contributed by atoms with E-state index >= 15 is 0 Å². The molecule has 3 rings (SSSR count). The summed E-state index contributed by atoms with van der Waals surface area (Å²) < 4.78 is 34.5. The van der Waals surface area contributed by atoms with E-state index in [-0.39, 0.29) is 10.8 Å². The Kier molecular flexibility index (Phi) is 4.16. The van der Waals surface area contributed by atoms with Gasteiger partial charge in [-0.25, -0.2) is 0 Å². The lowest BCUT2D eigenvalue weighted by molar-refractivity contribution is 0.363. The van der Waals surface area contributed by atoms with Crippen LogP contribution in [0.4, 0.5) is 0 Å². The molecule has 3 aromatic rings. The quantitative estimate of drug-likeness (QED) is 0.672. The van der Waals surface area contributed by atoms with Crippen molar-refractivity contribution < 1.29 is 17.1 Å². The Hall–Kier alpha value is -2.60. The second kappa shape index (κ2) is 6.26. The van der Waals surface area contributed by atoms with Gasteiger partial charge in [-0.2, -0.15) is 8.42 Å². The summed E-state index contributed by atoms with van der Waals surface area (Å²) >= 11 is 0. The number of aryl methyl sites for hydroxylation is 1. The molecule has 6 heteroatoms. The number of nitrogens with zero attached hydrogens (tertiary/aromatic N) is 1. The summed E-state index contributed by atoms with van der Waals surface area (Å²) in [7, 11) is -3.91. The molecular formula is C17H15NO4S. The van der Waals surface area contributed by atoms with Gasteiger partial charge >= 0.3 is 10.1 Å². The normalized spacial score (nSPS) is 11.3. The van der Waals surface area contributed by atoms with E-state index in [1.54, 1.807) is 12.1 Å². The van der Waals surface area contributed by atoms with Gasteiger partial charge in [0.05, 0.1) is 0 Å². The van der Waals surface area contributed by atoms with Crippen LogP contribution in [0.2, 0.25) is 0 Å². The lowest BCUT2D eigenvalue weighted by atomic mass is 10.1. The maximum Gasteiger partial charge on any atom is 0.340 e. The van der Waals surface area contributed by atoms with Crippen LogP contribution >= 0.6 is 0 Å². The molecule has 0 N–H and O–H groups in total. The van der Waals surface area contributed by atoms with Crippen LogP contribution in [0.1, 0.15) is 16.9 Å². The van der Waals surface area contributed by atoms with Crippen molar-refractivity contribution in [3.05, 3.63) is 77.6 Å². The van der Waals surface area contributed by atoms with Gasteiger partial charge in [0.2, 0.25) is 0 Å². The number of benzene rings is 2. The predicted molar refractivity (Wildman–Crippen MR) is 84.7 cm³/mol. The SMILES string of the molecule is Cc1ccc(S(=O)(=O)Oc2cc(Cc3ccccc3)on2)cc1. The number of hydrogen-bond donors (Lipinski definition) is 0. The molecule has 118 valence electrons. The van der Waals surface area contributed by atoms with E-state index in [4.69, 9.17) is 8.71 Å². The van der Waals surface area contributed by atoms with Crippen LogP contribution in [0.5, 0.6) is 5.88 Å². The molecule has 0 radical (unpaired) electrons. The highest BCUT2D eigenvalue weighted by molar-refractivity contribution is 7.87.